The molecule has 4 amide bonds. The summed E-state index contributed by atoms with van der Waals surface area (Å²) in [7, 11) is 0. The van der Waals surface area contributed by atoms with Crippen molar-refractivity contribution in [3.8, 4) is 0 Å². The molecule has 0 saturated heterocycles. The van der Waals surface area contributed by atoms with E-state index in [0.717, 1.165) is 0 Å². The normalized spacial score (nSPS) is 13.8. The fourth-order valence-electron chi connectivity index (χ4n) is 3.60. The van der Waals surface area contributed by atoms with Gasteiger partial charge in [-0.1, -0.05) is 36.8 Å². The van der Waals surface area contributed by atoms with Gasteiger partial charge in [-0.3, -0.25) is 24.0 Å². The highest BCUT2D eigenvalue weighted by Gasteiger charge is 2.31. The molecule has 0 saturated carbocycles. The number of carboxylic acid groups (broad SMARTS) is 2. The molecule has 0 aliphatic carbocycles. The smallest absolute Gasteiger partial charge is 0.326 e. The van der Waals surface area contributed by atoms with E-state index in [1.165, 1.54) is 0 Å². The summed E-state index contributed by atoms with van der Waals surface area (Å²) in [6.07, 6.45) is 0.242. The Morgan fingerprint density at radius 2 is 1.31 bits per heavy atom. The van der Waals surface area contributed by atoms with E-state index >= 15 is 0 Å². The van der Waals surface area contributed by atoms with Gasteiger partial charge < -0.3 is 43.4 Å². The van der Waals surface area contributed by atoms with Gasteiger partial charge in [0.1, 0.15) is 18.1 Å². The summed E-state index contributed by atoms with van der Waals surface area (Å²) in [6, 6.07) is 3.54. The zero-order chi connectivity index (χ0) is 29.4. The van der Waals surface area contributed by atoms with Gasteiger partial charge in [-0.2, -0.15) is 0 Å². The van der Waals surface area contributed by atoms with E-state index < -0.39 is 66.2 Å². The van der Waals surface area contributed by atoms with Crippen LogP contribution < -0.4 is 33.2 Å². The van der Waals surface area contributed by atoms with Crippen LogP contribution >= 0.6 is 0 Å². The van der Waals surface area contributed by atoms with Crippen molar-refractivity contribution >= 4 is 35.6 Å². The van der Waals surface area contributed by atoms with Gasteiger partial charge in [-0.05, 0) is 37.8 Å². The average Bonchev–Trinajstić information content (AvgIpc) is 2.88. The van der Waals surface area contributed by atoms with Gasteiger partial charge in [-0.25, -0.2) is 4.79 Å². The molecule has 0 fully saturated rings. The minimum Gasteiger partial charge on any atom is -0.481 e. The van der Waals surface area contributed by atoms with E-state index in [0.29, 0.717) is 31.4 Å². The van der Waals surface area contributed by atoms with Crippen LogP contribution in [0.4, 0.5) is 0 Å². The molecule has 11 N–H and O–H groups in total. The minimum atomic E-state index is -1.51. The molecule has 39 heavy (non-hydrogen) atoms. The molecular formula is C25H38N6O8. The highest BCUT2D eigenvalue weighted by molar-refractivity contribution is 5.94. The highest BCUT2D eigenvalue weighted by atomic mass is 16.4. The molecule has 0 radical (unpaired) electrons. The van der Waals surface area contributed by atoms with Crippen LogP contribution in [0.15, 0.2) is 30.3 Å². The maximum absolute atomic E-state index is 13.2. The van der Waals surface area contributed by atoms with Gasteiger partial charge in [-0.15, -0.1) is 0 Å². The summed E-state index contributed by atoms with van der Waals surface area (Å²) < 4.78 is 0. The molecule has 0 aliphatic rings. The standard InChI is InChI=1S/C25H38N6O8/c26-13-5-4-8-16(27)22(35)29-17(9-11-20(28)32)23(36)31-19(14-15-6-2-1-3-7-15)24(37)30-18(25(38)39)10-12-21(33)34/h1-3,6-7,16-19H,4-5,8-14,26-27H2,(H2,28,32)(H,29,35)(H,30,37)(H,31,36)(H,33,34)(H,38,39). The third kappa shape index (κ3) is 13.4. The number of carbonyl (C=O) groups is 6. The van der Waals surface area contributed by atoms with E-state index in [4.69, 9.17) is 22.3 Å². The van der Waals surface area contributed by atoms with Gasteiger partial charge in [0.05, 0.1) is 6.04 Å². The number of aliphatic carboxylic acids is 2. The number of hydrogen-bond acceptors (Lipinski definition) is 8. The number of rotatable bonds is 19. The predicted molar refractivity (Wildman–Crippen MR) is 140 cm³/mol. The topological polar surface area (TPSA) is 257 Å². The van der Waals surface area contributed by atoms with Crippen LogP contribution in [0.3, 0.4) is 0 Å². The van der Waals surface area contributed by atoms with E-state index in [1.807, 2.05) is 0 Å². The van der Waals surface area contributed by atoms with Crippen molar-refractivity contribution in [1.29, 1.82) is 0 Å². The van der Waals surface area contributed by atoms with Gasteiger partial charge in [0.25, 0.3) is 0 Å². The Morgan fingerprint density at radius 3 is 1.87 bits per heavy atom. The van der Waals surface area contributed by atoms with Crippen molar-refractivity contribution in [2.24, 2.45) is 17.2 Å². The monoisotopic (exact) mass is 550 g/mol. The second kappa shape index (κ2) is 17.5. The molecule has 14 nitrogen and oxygen atoms in total. The summed E-state index contributed by atoms with van der Waals surface area (Å²) in [6.45, 7) is 0.432. The van der Waals surface area contributed by atoms with Crippen molar-refractivity contribution < 1.29 is 39.0 Å². The third-order valence-corrected chi connectivity index (χ3v) is 5.80. The molecule has 14 heteroatoms. The summed E-state index contributed by atoms with van der Waals surface area (Å²) in [4.78, 5) is 72.7. The average molecular weight is 551 g/mol. The first-order valence-corrected chi connectivity index (χ1v) is 12.6. The predicted octanol–water partition coefficient (Wildman–Crippen LogP) is -1.65. The van der Waals surface area contributed by atoms with E-state index in [-0.39, 0.29) is 25.7 Å². The molecule has 1 aromatic rings. The summed E-state index contributed by atoms with van der Waals surface area (Å²) >= 11 is 0. The molecule has 216 valence electrons. The first-order valence-electron chi connectivity index (χ1n) is 12.6. The van der Waals surface area contributed by atoms with E-state index in [1.54, 1.807) is 30.3 Å². The molecule has 4 atom stereocenters. The number of unbranched alkanes of at least 4 members (excludes halogenated alkanes) is 1. The molecule has 4 unspecified atom stereocenters. The van der Waals surface area contributed by atoms with Crippen LogP contribution in [0.1, 0.15) is 50.5 Å². The lowest BCUT2D eigenvalue weighted by Crippen LogP contribution is -2.57. The van der Waals surface area contributed by atoms with Gasteiger partial charge in [0.2, 0.25) is 23.6 Å². The minimum absolute atomic E-state index is 0.0429. The molecular weight excluding hydrogens is 512 g/mol. The lowest BCUT2D eigenvalue weighted by atomic mass is 10.0. The zero-order valence-electron chi connectivity index (χ0n) is 21.6. The van der Waals surface area contributed by atoms with Crippen molar-refractivity contribution in [1.82, 2.24) is 16.0 Å². The fourth-order valence-corrected chi connectivity index (χ4v) is 3.60. The number of benzene rings is 1. The van der Waals surface area contributed by atoms with Crippen molar-refractivity contribution in [3.05, 3.63) is 35.9 Å². The van der Waals surface area contributed by atoms with Crippen LogP contribution in [-0.2, 0) is 35.2 Å². The molecule has 0 heterocycles. The molecule has 1 aromatic carbocycles. The number of amides is 4. The first kappa shape index (κ1) is 33.0. The van der Waals surface area contributed by atoms with Crippen molar-refractivity contribution in [3.63, 3.8) is 0 Å². The Kier molecular flexibility index (Phi) is 14.8. The zero-order valence-corrected chi connectivity index (χ0v) is 21.6. The van der Waals surface area contributed by atoms with Gasteiger partial charge >= 0.3 is 11.9 Å². The molecule has 0 aliphatic heterocycles. The van der Waals surface area contributed by atoms with Gasteiger partial charge in [0.15, 0.2) is 0 Å². The Bertz CT molecular complexity index is 990. The van der Waals surface area contributed by atoms with E-state index in [2.05, 4.69) is 16.0 Å². The Hall–Kier alpha value is -4.04. The Morgan fingerprint density at radius 1 is 0.744 bits per heavy atom. The lowest BCUT2D eigenvalue weighted by Gasteiger charge is -2.25. The van der Waals surface area contributed by atoms with Crippen LogP contribution in [0.5, 0.6) is 0 Å². The summed E-state index contributed by atoms with van der Waals surface area (Å²) in [5.74, 6) is -5.71. The van der Waals surface area contributed by atoms with Crippen LogP contribution in [0, 0.1) is 0 Å². The lowest BCUT2D eigenvalue weighted by molar-refractivity contribution is -0.143. The SMILES string of the molecule is NCCCCC(N)C(=O)NC(CCC(N)=O)C(=O)NC(Cc1ccccc1)C(=O)NC(CCC(=O)O)C(=O)O. The van der Waals surface area contributed by atoms with Gasteiger partial charge in [0, 0.05) is 19.3 Å². The second-order valence-electron chi connectivity index (χ2n) is 9.04. The van der Waals surface area contributed by atoms with Crippen LogP contribution in [0.25, 0.3) is 0 Å². The largest absolute Gasteiger partial charge is 0.481 e. The number of nitrogens with one attached hydrogen (secondary N) is 3. The number of carboxylic acids is 2. The maximum atomic E-state index is 13.2. The quantitative estimate of drug-likeness (QED) is 0.0910. The van der Waals surface area contributed by atoms with Crippen molar-refractivity contribution in [2.75, 3.05) is 6.54 Å². The summed E-state index contributed by atoms with van der Waals surface area (Å²) in [5, 5.41) is 25.6. The third-order valence-electron chi connectivity index (χ3n) is 5.80. The Balaban J connectivity index is 3.10. The molecule has 1 rings (SSSR count). The van der Waals surface area contributed by atoms with Crippen LogP contribution in [-0.4, -0.2) is 76.5 Å². The molecule has 0 spiro atoms. The number of nitrogens with two attached hydrogens (primary N) is 3. The fraction of sp³-hybridized carbons (Fsp3) is 0.520. The summed E-state index contributed by atoms with van der Waals surface area (Å²) in [5.41, 5.74) is 17.2. The van der Waals surface area contributed by atoms with Crippen molar-refractivity contribution in [2.45, 2.75) is 75.5 Å². The van der Waals surface area contributed by atoms with Crippen LogP contribution in [0.2, 0.25) is 0 Å². The number of primary amides is 1. The molecule has 0 aromatic heterocycles. The maximum Gasteiger partial charge on any atom is 0.326 e. The Labute approximate surface area is 226 Å². The number of hydrogen-bond donors (Lipinski definition) is 8. The number of carbonyl (C=O) groups excluding carboxylic acids is 4. The highest BCUT2D eigenvalue weighted by Crippen LogP contribution is 2.08. The first-order chi connectivity index (χ1) is 18.4. The van der Waals surface area contributed by atoms with E-state index in [9.17, 15) is 33.9 Å². The second-order valence-corrected chi connectivity index (χ2v) is 9.04. The molecule has 0 bridgehead atoms.